The number of fused-ring (bicyclic) bond motifs is 1. The van der Waals surface area contributed by atoms with Gasteiger partial charge in [0.05, 0.1) is 24.8 Å². The highest BCUT2D eigenvalue weighted by Crippen LogP contribution is 2.31. The summed E-state index contributed by atoms with van der Waals surface area (Å²) in [6.07, 6.45) is 7.44. The summed E-state index contributed by atoms with van der Waals surface area (Å²) in [5.74, 6) is 2.55. The standard InChI is InChI=1S/C33H43NO5/c1-5-8-10-29-31(28-16-13-26(33(36)37-4)20-30(28)39-29)32(35)25-11-14-27(15-12-25)38-18-9-17-34-21-23(6-2)19-24(7-3)22-34/h11-16,20,23-24H,5-10,17-19,21-22H2,1-4H3. The topological polar surface area (TPSA) is 69.0 Å². The number of furan rings is 1. The molecule has 1 aromatic heterocycles. The summed E-state index contributed by atoms with van der Waals surface area (Å²) in [4.78, 5) is 28.2. The van der Waals surface area contributed by atoms with E-state index in [0.29, 0.717) is 46.4 Å². The number of ketones is 1. The maximum absolute atomic E-state index is 13.6. The number of esters is 1. The van der Waals surface area contributed by atoms with Crippen LogP contribution in [0.4, 0.5) is 0 Å². The van der Waals surface area contributed by atoms with Crippen molar-refractivity contribution in [3.8, 4) is 5.75 Å². The lowest BCUT2D eigenvalue weighted by molar-refractivity contribution is 0.0600. The highest BCUT2D eigenvalue weighted by Gasteiger charge is 2.25. The minimum atomic E-state index is -0.432. The van der Waals surface area contributed by atoms with Crippen molar-refractivity contribution in [2.45, 2.75) is 65.7 Å². The summed E-state index contributed by atoms with van der Waals surface area (Å²) in [5, 5.41) is 0.715. The summed E-state index contributed by atoms with van der Waals surface area (Å²) in [6, 6.07) is 12.5. The Morgan fingerprint density at radius 1 is 0.949 bits per heavy atom. The van der Waals surface area contributed by atoms with Gasteiger partial charge in [0.25, 0.3) is 0 Å². The molecule has 1 aliphatic rings. The van der Waals surface area contributed by atoms with Crippen molar-refractivity contribution in [1.82, 2.24) is 4.90 Å². The number of carbonyl (C=O) groups is 2. The van der Waals surface area contributed by atoms with E-state index in [2.05, 4.69) is 25.7 Å². The number of likely N-dealkylation sites (tertiary alicyclic amines) is 1. The molecule has 210 valence electrons. The van der Waals surface area contributed by atoms with Gasteiger partial charge in [-0.3, -0.25) is 4.79 Å². The lowest BCUT2D eigenvalue weighted by Crippen LogP contribution is -2.41. The number of ether oxygens (including phenoxy) is 2. The van der Waals surface area contributed by atoms with Crippen LogP contribution < -0.4 is 4.74 Å². The Labute approximate surface area is 232 Å². The van der Waals surface area contributed by atoms with E-state index in [9.17, 15) is 9.59 Å². The molecule has 39 heavy (non-hydrogen) atoms. The fourth-order valence-electron chi connectivity index (χ4n) is 5.68. The molecule has 2 unspecified atom stereocenters. The minimum Gasteiger partial charge on any atom is -0.494 e. The molecule has 1 fully saturated rings. The van der Waals surface area contributed by atoms with Crippen molar-refractivity contribution in [3.63, 3.8) is 0 Å². The van der Waals surface area contributed by atoms with Crippen molar-refractivity contribution in [2.75, 3.05) is 33.4 Å². The molecule has 0 N–H and O–H groups in total. The molecule has 1 aliphatic heterocycles. The molecule has 6 nitrogen and oxygen atoms in total. The van der Waals surface area contributed by atoms with Crippen molar-refractivity contribution in [1.29, 1.82) is 0 Å². The Kier molecular flexibility index (Phi) is 10.2. The van der Waals surface area contributed by atoms with Crippen LogP contribution in [-0.2, 0) is 11.2 Å². The molecule has 4 rings (SSSR count). The first-order valence-corrected chi connectivity index (χ1v) is 14.6. The van der Waals surface area contributed by atoms with Gasteiger partial charge in [0, 0.05) is 37.0 Å². The highest BCUT2D eigenvalue weighted by atomic mass is 16.5. The number of benzene rings is 2. The fraction of sp³-hybridized carbons (Fsp3) is 0.515. The summed E-state index contributed by atoms with van der Waals surface area (Å²) < 4.78 is 16.9. The number of hydrogen-bond acceptors (Lipinski definition) is 6. The first kappa shape index (κ1) is 28.9. The van der Waals surface area contributed by atoms with Crippen LogP contribution in [0, 0.1) is 11.8 Å². The maximum atomic E-state index is 13.6. The molecule has 0 spiro atoms. The molecule has 0 bridgehead atoms. The van der Waals surface area contributed by atoms with Crippen LogP contribution in [0.3, 0.4) is 0 Å². The number of methoxy groups -OCH3 is 1. The van der Waals surface area contributed by atoms with Crippen molar-refractivity contribution in [2.24, 2.45) is 11.8 Å². The summed E-state index contributed by atoms with van der Waals surface area (Å²) in [7, 11) is 1.35. The number of unbranched alkanes of at least 4 members (excludes halogenated alkanes) is 1. The molecule has 2 heterocycles. The molecule has 6 heteroatoms. The average Bonchev–Trinajstić information content (AvgIpc) is 3.34. The first-order valence-electron chi connectivity index (χ1n) is 14.6. The van der Waals surface area contributed by atoms with E-state index in [-0.39, 0.29) is 5.78 Å². The lowest BCUT2D eigenvalue weighted by Gasteiger charge is -2.37. The molecular formula is C33H43NO5. The van der Waals surface area contributed by atoms with Crippen LogP contribution in [-0.4, -0.2) is 50.0 Å². The zero-order valence-electron chi connectivity index (χ0n) is 24.0. The predicted octanol–water partition coefficient (Wildman–Crippen LogP) is 7.32. The summed E-state index contributed by atoms with van der Waals surface area (Å²) >= 11 is 0. The third-order valence-corrected chi connectivity index (χ3v) is 8.03. The summed E-state index contributed by atoms with van der Waals surface area (Å²) in [5.41, 5.74) is 2.08. The lowest BCUT2D eigenvalue weighted by atomic mass is 9.86. The largest absolute Gasteiger partial charge is 0.494 e. The normalized spacial score (nSPS) is 17.8. The van der Waals surface area contributed by atoms with Gasteiger partial charge in [-0.15, -0.1) is 0 Å². The quantitative estimate of drug-likeness (QED) is 0.130. The van der Waals surface area contributed by atoms with Crippen molar-refractivity contribution in [3.05, 3.63) is 64.9 Å². The van der Waals surface area contributed by atoms with Gasteiger partial charge in [-0.05, 0) is 73.6 Å². The second-order valence-corrected chi connectivity index (χ2v) is 10.8. The second-order valence-electron chi connectivity index (χ2n) is 10.8. The molecule has 2 atom stereocenters. The van der Waals surface area contributed by atoms with E-state index >= 15 is 0 Å². The molecule has 0 radical (unpaired) electrons. The van der Waals surface area contributed by atoms with Gasteiger partial charge in [0.15, 0.2) is 5.78 Å². The average molecular weight is 534 g/mol. The summed E-state index contributed by atoms with van der Waals surface area (Å²) in [6.45, 7) is 10.9. The van der Waals surface area contributed by atoms with Gasteiger partial charge in [0.2, 0.25) is 0 Å². The molecule has 0 amide bonds. The van der Waals surface area contributed by atoms with Gasteiger partial charge in [-0.1, -0.05) is 40.0 Å². The van der Waals surface area contributed by atoms with Gasteiger partial charge in [-0.25, -0.2) is 4.79 Å². The number of nitrogens with zero attached hydrogens (tertiary/aromatic N) is 1. The Morgan fingerprint density at radius 2 is 1.64 bits per heavy atom. The molecule has 0 aliphatic carbocycles. The van der Waals surface area contributed by atoms with Gasteiger partial charge < -0.3 is 18.8 Å². The minimum absolute atomic E-state index is 0.0849. The van der Waals surface area contributed by atoms with E-state index in [1.165, 1.54) is 39.5 Å². The van der Waals surface area contributed by atoms with E-state index in [4.69, 9.17) is 13.9 Å². The van der Waals surface area contributed by atoms with Gasteiger partial charge in [-0.2, -0.15) is 0 Å². The first-order chi connectivity index (χ1) is 19.0. The smallest absolute Gasteiger partial charge is 0.337 e. The number of hydrogen-bond donors (Lipinski definition) is 0. The molecule has 1 saturated heterocycles. The SMILES string of the molecule is CCCCc1oc2cc(C(=O)OC)ccc2c1C(=O)c1ccc(OCCCN2CC(CC)CC(CC)C2)cc1. The van der Waals surface area contributed by atoms with Gasteiger partial charge in [0.1, 0.15) is 17.1 Å². The number of rotatable bonds is 13. The van der Waals surface area contributed by atoms with Crippen LogP contribution in [0.15, 0.2) is 46.9 Å². The molecule has 2 aromatic carbocycles. The van der Waals surface area contributed by atoms with E-state index in [1.807, 2.05) is 24.3 Å². The van der Waals surface area contributed by atoms with Crippen LogP contribution >= 0.6 is 0 Å². The Hall–Kier alpha value is -3.12. The van der Waals surface area contributed by atoms with E-state index < -0.39 is 5.97 Å². The van der Waals surface area contributed by atoms with E-state index in [1.54, 1.807) is 18.2 Å². The van der Waals surface area contributed by atoms with Crippen LogP contribution in [0.5, 0.6) is 5.75 Å². The number of carbonyl (C=O) groups excluding carboxylic acids is 2. The van der Waals surface area contributed by atoms with Crippen LogP contribution in [0.25, 0.3) is 11.0 Å². The molecule has 3 aromatic rings. The highest BCUT2D eigenvalue weighted by molar-refractivity contribution is 6.17. The van der Waals surface area contributed by atoms with Crippen LogP contribution in [0.2, 0.25) is 0 Å². The maximum Gasteiger partial charge on any atom is 0.337 e. The van der Waals surface area contributed by atoms with Crippen LogP contribution in [0.1, 0.15) is 91.3 Å². The molecular weight excluding hydrogens is 490 g/mol. The molecule has 0 saturated carbocycles. The van der Waals surface area contributed by atoms with Crippen molar-refractivity contribution >= 4 is 22.7 Å². The zero-order chi connectivity index (χ0) is 27.8. The Morgan fingerprint density at radius 3 is 2.28 bits per heavy atom. The third-order valence-electron chi connectivity index (χ3n) is 8.03. The third kappa shape index (κ3) is 7.10. The van der Waals surface area contributed by atoms with Crippen molar-refractivity contribution < 1.29 is 23.5 Å². The Balaban J connectivity index is 1.40. The Bertz CT molecular complexity index is 1230. The van der Waals surface area contributed by atoms with E-state index in [0.717, 1.165) is 43.4 Å². The zero-order valence-corrected chi connectivity index (χ0v) is 24.0. The number of aryl methyl sites for hydroxylation is 1. The second kappa shape index (κ2) is 13.8. The fourth-order valence-corrected chi connectivity index (χ4v) is 5.68. The predicted molar refractivity (Wildman–Crippen MR) is 155 cm³/mol. The number of piperidine rings is 1. The van der Waals surface area contributed by atoms with Gasteiger partial charge >= 0.3 is 5.97 Å². The monoisotopic (exact) mass is 533 g/mol.